The molecule has 0 aliphatic rings. The highest BCUT2D eigenvalue weighted by molar-refractivity contribution is 6.27. The van der Waals surface area contributed by atoms with Crippen molar-refractivity contribution >= 4 is 76.2 Å². The highest BCUT2D eigenvalue weighted by Gasteiger charge is 2.22. The van der Waals surface area contributed by atoms with Crippen LogP contribution in [-0.4, -0.2) is 14.5 Å². The Kier molecular flexibility index (Phi) is 4.69. The number of hydrogen-bond acceptors (Lipinski definition) is 3. The highest BCUT2D eigenvalue weighted by Crippen LogP contribution is 2.42. The normalized spacial score (nSPS) is 12.1. The summed E-state index contributed by atoms with van der Waals surface area (Å²) in [6, 6.07) is 48.9. The molecule has 10 rings (SSSR count). The molecule has 44 heavy (non-hydrogen) atoms. The summed E-state index contributed by atoms with van der Waals surface area (Å²) in [5.41, 5.74) is 6.75. The molecule has 0 unspecified atom stereocenters. The molecule has 3 aromatic heterocycles. The van der Waals surface area contributed by atoms with Gasteiger partial charge in [-0.15, -0.1) is 0 Å². The lowest BCUT2D eigenvalue weighted by molar-refractivity contribution is 0.673. The van der Waals surface area contributed by atoms with E-state index in [4.69, 9.17) is 14.4 Å². The highest BCUT2D eigenvalue weighted by atomic mass is 16.3. The molecule has 0 spiro atoms. The molecule has 0 amide bonds. The molecule has 0 radical (unpaired) electrons. The summed E-state index contributed by atoms with van der Waals surface area (Å²) in [5, 5.41) is 10.1. The molecule has 10 aromatic rings. The van der Waals surface area contributed by atoms with Gasteiger partial charge in [0.05, 0.1) is 27.6 Å². The molecule has 0 aliphatic heterocycles. The van der Waals surface area contributed by atoms with Crippen LogP contribution < -0.4 is 0 Å². The van der Waals surface area contributed by atoms with Crippen molar-refractivity contribution in [3.63, 3.8) is 0 Å². The second kappa shape index (κ2) is 8.76. The maximum Gasteiger partial charge on any atom is 0.235 e. The molecular weight excluding hydrogens is 538 g/mol. The third kappa shape index (κ3) is 3.22. The van der Waals surface area contributed by atoms with Crippen molar-refractivity contribution in [1.82, 2.24) is 14.5 Å². The Morgan fingerprint density at radius 1 is 0.500 bits per heavy atom. The number of fused-ring (bicyclic) bond motifs is 11. The van der Waals surface area contributed by atoms with Crippen LogP contribution in [-0.2, 0) is 0 Å². The first kappa shape index (κ1) is 23.6. The molecule has 0 fully saturated rings. The largest absolute Gasteiger partial charge is 0.455 e. The van der Waals surface area contributed by atoms with Crippen LogP contribution in [0.4, 0.5) is 0 Å². The van der Waals surface area contributed by atoms with Crippen LogP contribution in [0.1, 0.15) is 0 Å². The van der Waals surface area contributed by atoms with Gasteiger partial charge in [-0.25, -0.2) is 9.97 Å². The van der Waals surface area contributed by atoms with Gasteiger partial charge in [0.1, 0.15) is 11.2 Å². The number of benzene rings is 7. The fraction of sp³-hybridized carbons (Fsp3) is 0. The number of para-hydroxylation sites is 2. The number of hydrogen-bond donors (Lipinski definition) is 0. The standard InChI is InChI=1S/C40H23N3O/c1-2-11-26-23-27(18-17-24(26)9-1)37-31-14-5-7-15-33(31)41-40(42-37)43-34-16-8-6-13-29(34)30-21-22-35-36(38(30)43)32-20-19-25-10-3-4-12-28(25)39(32)44-35/h1-23H. The van der Waals surface area contributed by atoms with Crippen molar-refractivity contribution in [2.24, 2.45) is 0 Å². The van der Waals surface area contributed by atoms with Gasteiger partial charge in [0.2, 0.25) is 5.95 Å². The zero-order valence-electron chi connectivity index (χ0n) is 23.5. The van der Waals surface area contributed by atoms with E-state index in [1.54, 1.807) is 0 Å². The predicted octanol–water partition coefficient (Wildman–Crippen LogP) is 10.6. The lowest BCUT2D eigenvalue weighted by Gasteiger charge is -2.12. The van der Waals surface area contributed by atoms with Crippen LogP contribution in [0.2, 0.25) is 0 Å². The maximum absolute atomic E-state index is 6.61. The Labute approximate surface area is 251 Å². The van der Waals surface area contributed by atoms with E-state index in [0.29, 0.717) is 5.95 Å². The van der Waals surface area contributed by atoms with Crippen molar-refractivity contribution in [3.8, 4) is 17.2 Å². The Hall–Kier alpha value is -6.00. The molecule has 0 saturated carbocycles. The minimum Gasteiger partial charge on any atom is -0.455 e. The van der Waals surface area contributed by atoms with E-state index in [1.165, 1.54) is 10.8 Å². The Morgan fingerprint density at radius 2 is 1.20 bits per heavy atom. The van der Waals surface area contributed by atoms with Crippen LogP contribution in [0.5, 0.6) is 0 Å². The van der Waals surface area contributed by atoms with Crippen LogP contribution in [0, 0.1) is 0 Å². The summed E-state index contributed by atoms with van der Waals surface area (Å²) in [7, 11) is 0. The fourth-order valence-corrected chi connectivity index (χ4v) is 6.97. The molecular formula is C40H23N3O. The summed E-state index contributed by atoms with van der Waals surface area (Å²) in [4.78, 5) is 10.6. The SMILES string of the molecule is c1ccc2cc(-c3nc(-n4c5ccccc5c5ccc6oc7c8ccccc8ccc7c6c54)nc4ccccc34)ccc2c1. The van der Waals surface area contributed by atoms with Crippen LogP contribution in [0.15, 0.2) is 144 Å². The number of aromatic nitrogens is 3. The minimum absolute atomic E-state index is 0.640. The average Bonchev–Trinajstić information content (AvgIpc) is 3.64. The van der Waals surface area contributed by atoms with E-state index >= 15 is 0 Å². The summed E-state index contributed by atoms with van der Waals surface area (Å²) < 4.78 is 8.84. The van der Waals surface area contributed by atoms with Crippen LogP contribution >= 0.6 is 0 Å². The van der Waals surface area contributed by atoms with E-state index < -0.39 is 0 Å². The topological polar surface area (TPSA) is 43.9 Å². The minimum atomic E-state index is 0.640. The molecule has 4 heteroatoms. The fourth-order valence-electron chi connectivity index (χ4n) is 6.97. The maximum atomic E-state index is 6.61. The number of nitrogens with zero attached hydrogens (tertiary/aromatic N) is 3. The first-order chi connectivity index (χ1) is 21.8. The van der Waals surface area contributed by atoms with Crippen molar-refractivity contribution < 1.29 is 4.42 Å². The first-order valence-corrected chi connectivity index (χ1v) is 14.8. The predicted molar refractivity (Wildman–Crippen MR) is 182 cm³/mol. The molecule has 0 atom stereocenters. The second-order valence-corrected chi connectivity index (χ2v) is 11.4. The van der Waals surface area contributed by atoms with E-state index in [0.717, 1.165) is 76.7 Å². The number of rotatable bonds is 2. The van der Waals surface area contributed by atoms with Crippen molar-refractivity contribution in [1.29, 1.82) is 0 Å². The van der Waals surface area contributed by atoms with Gasteiger partial charge in [0, 0.05) is 32.5 Å². The van der Waals surface area contributed by atoms with Gasteiger partial charge in [0.15, 0.2) is 0 Å². The summed E-state index contributed by atoms with van der Waals surface area (Å²) >= 11 is 0. The smallest absolute Gasteiger partial charge is 0.235 e. The monoisotopic (exact) mass is 561 g/mol. The third-order valence-corrected chi connectivity index (χ3v) is 8.97. The summed E-state index contributed by atoms with van der Waals surface area (Å²) in [5.74, 6) is 0.640. The lowest BCUT2D eigenvalue weighted by atomic mass is 10.0. The summed E-state index contributed by atoms with van der Waals surface area (Å²) in [6.45, 7) is 0. The second-order valence-electron chi connectivity index (χ2n) is 11.4. The Balaban J connectivity index is 1.36. The summed E-state index contributed by atoms with van der Waals surface area (Å²) in [6.07, 6.45) is 0. The molecule has 0 saturated heterocycles. The molecule has 4 nitrogen and oxygen atoms in total. The van der Waals surface area contributed by atoms with Gasteiger partial charge in [-0.1, -0.05) is 103 Å². The Bertz CT molecular complexity index is 2790. The van der Waals surface area contributed by atoms with Crippen molar-refractivity contribution in [3.05, 3.63) is 140 Å². The first-order valence-electron chi connectivity index (χ1n) is 14.8. The van der Waals surface area contributed by atoms with Crippen LogP contribution in [0.25, 0.3) is 93.4 Å². The van der Waals surface area contributed by atoms with Gasteiger partial charge in [-0.3, -0.25) is 4.57 Å². The van der Waals surface area contributed by atoms with Crippen molar-refractivity contribution in [2.45, 2.75) is 0 Å². The van der Waals surface area contributed by atoms with Gasteiger partial charge in [-0.2, -0.15) is 0 Å². The molecule has 0 aliphatic carbocycles. The molecule has 204 valence electrons. The van der Waals surface area contributed by atoms with Crippen LogP contribution in [0.3, 0.4) is 0 Å². The molecule has 7 aromatic carbocycles. The molecule has 0 N–H and O–H groups in total. The van der Waals surface area contributed by atoms with Gasteiger partial charge in [-0.05, 0) is 52.6 Å². The molecule has 0 bridgehead atoms. The Morgan fingerprint density at radius 3 is 2.11 bits per heavy atom. The van der Waals surface area contributed by atoms with Gasteiger partial charge in [0.25, 0.3) is 0 Å². The quantitative estimate of drug-likeness (QED) is 0.211. The molecule has 3 heterocycles. The van der Waals surface area contributed by atoms with Crippen molar-refractivity contribution in [2.75, 3.05) is 0 Å². The average molecular weight is 562 g/mol. The van der Waals surface area contributed by atoms with Gasteiger partial charge < -0.3 is 4.42 Å². The van der Waals surface area contributed by atoms with E-state index in [9.17, 15) is 0 Å². The lowest BCUT2D eigenvalue weighted by Crippen LogP contribution is -2.03. The third-order valence-electron chi connectivity index (χ3n) is 8.97. The zero-order valence-corrected chi connectivity index (χ0v) is 23.5. The van der Waals surface area contributed by atoms with E-state index in [-0.39, 0.29) is 0 Å². The zero-order chi connectivity index (χ0) is 28.8. The van der Waals surface area contributed by atoms with E-state index in [2.05, 4.69) is 138 Å². The van der Waals surface area contributed by atoms with E-state index in [1.807, 2.05) is 6.07 Å². The number of furan rings is 1. The van der Waals surface area contributed by atoms with Gasteiger partial charge >= 0.3 is 0 Å².